The van der Waals surface area contributed by atoms with Crippen LogP contribution in [0.1, 0.15) is 18.1 Å². The molecule has 0 bridgehead atoms. The summed E-state index contributed by atoms with van der Waals surface area (Å²) in [6.07, 6.45) is 1.25. The number of para-hydroxylation sites is 1. The largest absolute Gasteiger partial charge is 0.496 e. The molecule has 1 N–H and O–H groups in total. The lowest BCUT2D eigenvalue weighted by Crippen LogP contribution is -2.51. The molecule has 1 fully saturated rings. The monoisotopic (exact) mass is 365 g/mol. The van der Waals surface area contributed by atoms with Crippen LogP contribution in [0.2, 0.25) is 0 Å². The fraction of sp³-hybridized carbons (Fsp3) is 0.318. The van der Waals surface area contributed by atoms with E-state index in [2.05, 4.69) is 6.58 Å². The van der Waals surface area contributed by atoms with Gasteiger partial charge in [-0.3, -0.25) is 4.79 Å². The molecule has 1 amide bonds. The van der Waals surface area contributed by atoms with Gasteiger partial charge in [0.1, 0.15) is 17.6 Å². The summed E-state index contributed by atoms with van der Waals surface area (Å²) in [5, 5.41) is 10.9. The van der Waals surface area contributed by atoms with Crippen molar-refractivity contribution in [3.63, 3.8) is 0 Å². The molecule has 0 spiro atoms. The molecule has 2 aromatic rings. The van der Waals surface area contributed by atoms with Gasteiger partial charge in [-0.2, -0.15) is 0 Å². The first kappa shape index (κ1) is 17.6. The summed E-state index contributed by atoms with van der Waals surface area (Å²) in [4.78, 5) is 13.7. The Bertz CT molecular complexity index is 878. The number of rotatable bonds is 3. The van der Waals surface area contributed by atoms with Crippen LogP contribution in [0.5, 0.6) is 11.5 Å². The predicted octanol–water partition coefficient (Wildman–Crippen LogP) is 3.19. The van der Waals surface area contributed by atoms with Crippen molar-refractivity contribution < 1.29 is 19.4 Å². The topological polar surface area (TPSA) is 59.0 Å². The lowest BCUT2D eigenvalue weighted by Gasteiger charge is -2.44. The van der Waals surface area contributed by atoms with Crippen LogP contribution in [-0.4, -0.2) is 42.2 Å². The van der Waals surface area contributed by atoms with Gasteiger partial charge in [-0.25, -0.2) is 0 Å². The number of nitrogens with zero attached hydrogens (tertiary/aromatic N) is 1. The van der Waals surface area contributed by atoms with Crippen LogP contribution in [-0.2, 0) is 4.79 Å². The molecule has 2 heterocycles. The first-order valence-corrected chi connectivity index (χ1v) is 9.15. The SMILES string of the molecule is C=CC(=O)N1CC[C@H]2Oc3cc(-c4ccccc4OC)ccc3C(O)[C@@H]2C1. The van der Waals surface area contributed by atoms with Crippen LogP contribution < -0.4 is 9.47 Å². The average Bonchev–Trinajstić information content (AvgIpc) is 2.72. The highest BCUT2D eigenvalue weighted by atomic mass is 16.5. The second-order valence-corrected chi connectivity index (χ2v) is 6.99. The lowest BCUT2D eigenvalue weighted by molar-refractivity contribution is -0.132. The van der Waals surface area contributed by atoms with Gasteiger partial charge < -0.3 is 19.5 Å². The summed E-state index contributed by atoms with van der Waals surface area (Å²) >= 11 is 0. The van der Waals surface area contributed by atoms with E-state index in [0.717, 1.165) is 22.4 Å². The van der Waals surface area contributed by atoms with Gasteiger partial charge in [-0.1, -0.05) is 36.9 Å². The van der Waals surface area contributed by atoms with Crippen LogP contribution in [0.25, 0.3) is 11.1 Å². The Morgan fingerprint density at radius 3 is 2.93 bits per heavy atom. The first-order valence-electron chi connectivity index (χ1n) is 9.15. The van der Waals surface area contributed by atoms with Crippen molar-refractivity contribution in [2.45, 2.75) is 18.6 Å². The number of carbonyl (C=O) groups excluding carboxylic acids is 1. The summed E-state index contributed by atoms with van der Waals surface area (Å²) in [6.45, 7) is 4.64. The fourth-order valence-corrected chi connectivity index (χ4v) is 4.06. The molecule has 1 unspecified atom stereocenters. The summed E-state index contributed by atoms with van der Waals surface area (Å²) in [7, 11) is 1.65. The van der Waals surface area contributed by atoms with Crippen molar-refractivity contribution in [2.75, 3.05) is 20.2 Å². The molecule has 27 heavy (non-hydrogen) atoms. The van der Waals surface area contributed by atoms with Crippen molar-refractivity contribution in [1.82, 2.24) is 4.90 Å². The smallest absolute Gasteiger partial charge is 0.245 e. The van der Waals surface area contributed by atoms with Crippen LogP contribution in [0.15, 0.2) is 55.1 Å². The number of carbonyl (C=O) groups is 1. The van der Waals surface area contributed by atoms with Gasteiger partial charge in [-0.15, -0.1) is 0 Å². The average molecular weight is 365 g/mol. The van der Waals surface area contributed by atoms with Gasteiger partial charge >= 0.3 is 0 Å². The highest BCUT2D eigenvalue weighted by Crippen LogP contribution is 2.44. The minimum atomic E-state index is -0.661. The van der Waals surface area contributed by atoms with E-state index in [9.17, 15) is 9.90 Å². The number of hydrogen-bond donors (Lipinski definition) is 1. The number of aliphatic hydroxyl groups excluding tert-OH is 1. The maximum absolute atomic E-state index is 11.9. The Labute approximate surface area is 158 Å². The molecule has 0 aliphatic carbocycles. The zero-order valence-corrected chi connectivity index (χ0v) is 15.3. The molecule has 2 aliphatic heterocycles. The third-order valence-corrected chi connectivity index (χ3v) is 5.51. The molecule has 5 nitrogen and oxygen atoms in total. The van der Waals surface area contributed by atoms with Gasteiger partial charge in [0.25, 0.3) is 0 Å². The van der Waals surface area contributed by atoms with E-state index in [-0.39, 0.29) is 17.9 Å². The molecular formula is C22H23NO4. The number of ether oxygens (including phenoxy) is 2. The van der Waals surface area contributed by atoms with Crippen molar-refractivity contribution in [3.8, 4) is 22.6 Å². The third-order valence-electron chi connectivity index (χ3n) is 5.51. The molecule has 140 valence electrons. The normalized spacial score (nSPS) is 23.6. The third kappa shape index (κ3) is 3.08. The summed E-state index contributed by atoms with van der Waals surface area (Å²) in [5.41, 5.74) is 2.73. The Balaban J connectivity index is 1.65. The molecule has 0 aromatic heterocycles. The van der Waals surface area contributed by atoms with E-state index in [0.29, 0.717) is 25.3 Å². The first-order chi connectivity index (χ1) is 13.1. The maximum atomic E-state index is 11.9. The highest BCUT2D eigenvalue weighted by Gasteiger charge is 2.41. The number of likely N-dealkylation sites (tertiary alicyclic amines) is 1. The summed E-state index contributed by atoms with van der Waals surface area (Å²) in [5.74, 6) is 1.27. The Hall–Kier alpha value is -2.79. The zero-order chi connectivity index (χ0) is 19.0. The van der Waals surface area contributed by atoms with E-state index in [1.165, 1.54) is 6.08 Å². The minimum absolute atomic E-state index is 0.0991. The number of amides is 1. The van der Waals surface area contributed by atoms with Crippen molar-refractivity contribution in [2.24, 2.45) is 5.92 Å². The van der Waals surface area contributed by atoms with E-state index >= 15 is 0 Å². The molecule has 4 rings (SSSR count). The molecule has 0 saturated carbocycles. The number of aliphatic hydroxyl groups is 1. The Morgan fingerprint density at radius 2 is 2.15 bits per heavy atom. The highest BCUT2D eigenvalue weighted by molar-refractivity contribution is 5.87. The minimum Gasteiger partial charge on any atom is -0.496 e. The number of fused-ring (bicyclic) bond motifs is 2. The lowest BCUT2D eigenvalue weighted by atomic mass is 9.83. The molecule has 1 saturated heterocycles. The van der Waals surface area contributed by atoms with E-state index in [1.54, 1.807) is 12.0 Å². The van der Waals surface area contributed by atoms with Gasteiger partial charge in [0.05, 0.1) is 13.2 Å². The molecule has 2 aliphatic rings. The van der Waals surface area contributed by atoms with Crippen LogP contribution in [0.4, 0.5) is 0 Å². The maximum Gasteiger partial charge on any atom is 0.245 e. The van der Waals surface area contributed by atoms with Crippen molar-refractivity contribution in [1.29, 1.82) is 0 Å². The predicted molar refractivity (Wildman–Crippen MR) is 103 cm³/mol. The molecular weight excluding hydrogens is 342 g/mol. The van der Waals surface area contributed by atoms with E-state index < -0.39 is 6.10 Å². The number of methoxy groups -OCH3 is 1. The number of piperidine rings is 1. The standard InChI is InChI=1S/C22H23NO4/c1-3-21(24)23-11-10-19-17(13-23)22(25)16-9-8-14(12-20(16)27-19)15-6-4-5-7-18(15)26-2/h3-9,12,17,19,22,25H,1,10-11,13H2,2H3/t17-,19-,22?/m1/s1. The van der Waals surface area contributed by atoms with Crippen LogP contribution in [0.3, 0.4) is 0 Å². The second-order valence-electron chi connectivity index (χ2n) is 6.99. The van der Waals surface area contributed by atoms with E-state index in [4.69, 9.17) is 9.47 Å². The number of hydrogen-bond acceptors (Lipinski definition) is 4. The molecule has 5 heteroatoms. The van der Waals surface area contributed by atoms with Gasteiger partial charge in [0.15, 0.2) is 0 Å². The second kappa shape index (κ2) is 7.08. The quantitative estimate of drug-likeness (QED) is 0.849. The van der Waals surface area contributed by atoms with Gasteiger partial charge in [-0.05, 0) is 23.8 Å². The molecule has 2 aromatic carbocycles. The zero-order valence-electron chi connectivity index (χ0n) is 15.3. The van der Waals surface area contributed by atoms with Crippen molar-refractivity contribution in [3.05, 3.63) is 60.7 Å². The molecule has 0 radical (unpaired) electrons. The summed E-state index contributed by atoms with van der Waals surface area (Å²) in [6, 6.07) is 13.7. The van der Waals surface area contributed by atoms with Gasteiger partial charge in [0.2, 0.25) is 5.91 Å². The van der Waals surface area contributed by atoms with Crippen LogP contribution in [0, 0.1) is 5.92 Å². The van der Waals surface area contributed by atoms with Crippen LogP contribution >= 0.6 is 0 Å². The Morgan fingerprint density at radius 1 is 1.33 bits per heavy atom. The Kier molecular flexibility index (Phi) is 4.62. The number of benzene rings is 2. The molecule has 3 atom stereocenters. The fourth-order valence-electron chi connectivity index (χ4n) is 4.06. The van der Waals surface area contributed by atoms with E-state index in [1.807, 2.05) is 42.5 Å². The van der Waals surface area contributed by atoms with Gasteiger partial charge in [0, 0.05) is 36.6 Å². The summed E-state index contributed by atoms with van der Waals surface area (Å²) < 4.78 is 11.7. The van der Waals surface area contributed by atoms with Crippen molar-refractivity contribution >= 4 is 5.91 Å².